The van der Waals surface area contributed by atoms with Crippen LogP contribution in [0.25, 0.3) is 0 Å². The zero-order valence-electron chi connectivity index (χ0n) is 16.5. The van der Waals surface area contributed by atoms with Gasteiger partial charge in [0.2, 0.25) is 5.88 Å². The summed E-state index contributed by atoms with van der Waals surface area (Å²) in [5, 5.41) is 0. The second-order valence-corrected chi connectivity index (χ2v) is 7.16. The van der Waals surface area contributed by atoms with E-state index in [1.807, 2.05) is 30.3 Å². The van der Waals surface area contributed by atoms with Gasteiger partial charge >= 0.3 is 6.09 Å². The largest absolute Gasteiger partial charge is 0.476 e. The molecule has 2 N–H and O–H groups in total. The number of benzene rings is 1. The Hall–Kier alpha value is -2.80. The molecule has 2 heterocycles. The van der Waals surface area contributed by atoms with Crippen LogP contribution in [0, 0.1) is 0 Å². The molecule has 150 valence electrons. The molecule has 7 nitrogen and oxygen atoms in total. The molecule has 1 aliphatic rings. The number of hydrogen-bond acceptors (Lipinski definition) is 6. The minimum Gasteiger partial charge on any atom is -0.476 e. The molecule has 7 heteroatoms. The molecule has 0 unspecified atom stereocenters. The van der Waals surface area contributed by atoms with Gasteiger partial charge in [0.25, 0.3) is 0 Å². The van der Waals surface area contributed by atoms with Gasteiger partial charge in [-0.3, -0.25) is 4.90 Å². The van der Waals surface area contributed by atoms with E-state index in [2.05, 4.69) is 23.7 Å². The fourth-order valence-corrected chi connectivity index (χ4v) is 3.49. The molecule has 2 aromatic rings. The number of nitrogens with zero attached hydrogens (tertiary/aromatic N) is 3. The Bertz CT molecular complexity index is 742. The first-order valence-corrected chi connectivity index (χ1v) is 9.58. The summed E-state index contributed by atoms with van der Waals surface area (Å²) in [5.41, 5.74) is 7.24. The molecule has 1 amide bonds. The number of aromatic nitrogens is 1. The lowest BCUT2D eigenvalue weighted by molar-refractivity contribution is 0.0191. The van der Waals surface area contributed by atoms with Crippen LogP contribution < -0.4 is 10.5 Å². The number of nitrogen functional groups attached to an aromatic ring is 1. The molecule has 0 bridgehead atoms. The number of nitrogens with two attached hydrogens (primary N) is 1. The van der Waals surface area contributed by atoms with Crippen molar-refractivity contribution in [1.82, 2.24) is 14.8 Å². The molecule has 1 fully saturated rings. The Kier molecular flexibility index (Phi) is 6.71. The number of hydrogen-bond donors (Lipinski definition) is 1. The molecule has 1 aromatic carbocycles. The maximum Gasteiger partial charge on any atom is 0.410 e. The summed E-state index contributed by atoms with van der Waals surface area (Å²) >= 11 is 0. The van der Waals surface area contributed by atoms with Gasteiger partial charge in [0.05, 0.1) is 11.9 Å². The van der Waals surface area contributed by atoms with Gasteiger partial charge in [0.1, 0.15) is 13.2 Å². The lowest BCUT2D eigenvalue weighted by Crippen LogP contribution is -2.58. The maximum absolute atomic E-state index is 12.4. The van der Waals surface area contributed by atoms with Gasteiger partial charge in [-0.05, 0) is 25.5 Å². The Balaban J connectivity index is 1.45. The molecule has 0 saturated carbocycles. The Morgan fingerprint density at radius 1 is 1.14 bits per heavy atom. The van der Waals surface area contributed by atoms with Gasteiger partial charge in [0, 0.05) is 37.8 Å². The fraction of sp³-hybridized carbons (Fsp3) is 0.429. The van der Waals surface area contributed by atoms with Crippen LogP contribution in [0.2, 0.25) is 0 Å². The molecule has 3 rings (SSSR count). The first-order chi connectivity index (χ1) is 13.5. The normalized spacial score (nSPS) is 20.0. The van der Waals surface area contributed by atoms with E-state index in [0.717, 1.165) is 12.1 Å². The van der Waals surface area contributed by atoms with E-state index >= 15 is 0 Å². The number of carbonyl (C=O) groups excluding carboxylic acids is 1. The van der Waals surface area contributed by atoms with Crippen LogP contribution in [-0.4, -0.2) is 59.2 Å². The van der Waals surface area contributed by atoms with Gasteiger partial charge in [-0.25, -0.2) is 9.78 Å². The molecule has 28 heavy (non-hydrogen) atoms. The highest BCUT2D eigenvalue weighted by atomic mass is 16.6. The number of pyridine rings is 1. The van der Waals surface area contributed by atoms with E-state index in [1.165, 1.54) is 0 Å². The van der Waals surface area contributed by atoms with Crippen LogP contribution in [-0.2, 0) is 11.3 Å². The van der Waals surface area contributed by atoms with E-state index in [4.69, 9.17) is 15.2 Å². The van der Waals surface area contributed by atoms with Crippen LogP contribution in [0.3, 0.4) is 0 Å². The summed E-state index contributed by atoms with van der Waals surface area (Å²) in [6, 6.07) is 13.7. The Morgan fingerprint density at radius 2 is 1.86 bits per heavy atom. The van der Waals surface area contributed by atoms with Crippen molar-refractivity contribution < 1.29 is 14.3 Å². The molecule has 0 radical (unpaired) electrons. The number of anilines is 1. The van der Waals surface area contributed by atoms with Crippen LogP contribution >= 0.6 is 0 Å². The minimum atomic E-state index is -0.260. The number of rotatable bonds is 6. The van der Waals surface area contributed by atoms with Gasteiger partial charge < -0.3 is 20.1 Å². The second kappa shape index (κ2) is 9.41. The first-order valence-electron chi connectivity index (χ1n) is 9.58. The SMILES string of the molecule is C[C@@H]1CN(C(=O)OCc2ccccc2)C[C@H](C)N1CCOc1ccc(N)cn1. The van der Waals surface area contributed by atoms with E-state index < -0.39 is 0 Å². The highest BCUT2D eigenvalue weighted by molar-refractivity contribution is 5.68. The van der Waals surface area contributed by atoms with Crippen LogP contribution in [0.1, 0.15) is 19.4 Å². The monoisotopic (exact) mass is 384 g/mol. The van der Waals surface area contributed by atoms with Crippen molar-refractivity contribution in [3.05, 3.63) is 54.2 Å². The van der Waals surface area contributed by atoms with Crippen molar-refractivity contribution in [3.8, 4) is 5.88 Å². The smallest absolute Gasteiger partial charge is 0.410 e. The number of amides is 1. The van der Waals surface area contributed by atoms with E-state index in [1.54, 1.807) is 23.2 Å². The molecular weight excluding hydrogens is 356 g/mol. The van der Waals surface area contributed by atoms with Crippen LogP contribution in [0.5, 0.6) is 5.88 Å². The number of piperazine rings is 1. The van der Waals surface area contributed by atoms with E-state index in [0.29, 0.717) is 37.9 Å². The standard InChI is InChI=1S/C21H28N4O3/c1-16-13-24(21(26)28-15-18-6-4-3-5-7-18)14-17(2)25(16)10-11-27-20-9-8-19(22)12-23-20/h3-9,12,16-17H,10-11,13-15,22H2,1-2H3/t16-,17+. The second-order valence-electron chi connectivity index (χ2n) is 7.16. The van der Waals surface area contributed by atoms with Gasteiger partial charge in [-0.1, -0.05) is 30.3 Å². The quantitative estimate of drug-likeness (QED) is 0.825. The molecule has 1 saturated heterocycles. The zero-order chi connectivity index (χ0) is 19.9. The van der Waals surface area contributed by atoms with Crippen LogP contribution in [0.15, 0.2) is 48.7 Å². The predicted octanol–water partition coefficient (Wildman–Crippen LogP) is 2.77. The van der Waals surface area contributed by atoms with Gasteiger partial charge in [-0.15, -0.1) is 0 Å². The van der Waals surface area contributed by atoms with E-state index in [-0.39, 0.29) is 18.2 Å². The topological polar surface area (TPSA) is 80.9 Å². The predicted molar refractivity (Wildman–Crippen MR) is 108 cm³/mol. The summed E-state index contributed by atoms with van der Waals surface area (Å²) < 4.78 is 11.2. The maximum atomic E-state index is 12.4. The molecule has 2 atom stereocenters. The summed E-state index contributed by atoms with van der Waals surface area (Å²) in [6.07, 6.45) is 1.32. The average Bonchev–Trinajstić information content (AvgIpc) is 2.70. The number of ether oxygens (including phenoxy) is 2. The zero-order valence-corrected chi connectivity index (χ0v) is 16.5. The number of carbonyl (C=O) groups is 1. The van der Waals surface area contributed by atoms with Crippen molar-refractivity contribution in [1.29, 1.82) is 0 Å². The van der Waals surface area contributed by atoms with Gasteiger partial charge in [0.15, 0.2) is 0 Å². The van der Waals surface area contributed by atoms with Crippen molar-refractivity contribution >= 4 is 11.8 Å². The highest BCUT2D eigenvalue weighted by Crippen LogP contribution is 2.17. The molecule has 1 aromatic heterocycles. The highest BCUT2D eigenvalue weighted by Gasteiger charge is 2.32. The lowest BCUT2D eigenvalue weighted by atomic mass is 10.1. The molecule has 0 spiro atoms. The molecular formula is C21H28N4O3. The van der Waals surface area contributed by atoms with E-state index in [9.17, 15) is 4.79 Å². The summed E-state index contributed by atoms with van der Waals surface area (Å²) in [4.78, 5) is 20.7. The Labute approximate surface area is 166 Å². The third-order valence-electron chi connectivity index (χ3n) is 4.92. The Morgan fingerprint density at radius 3 is 2.50 bits per heavy atom. The summed E-state index contributed by atoms with van der Waals surface area (Å²) in [7, 11) is 0. The van der Waals surface area contributed by atoms with Crippen molar-refractivity contribution in [2.24, 2.45) is 0 Å². The lowest BCUT2D eigenvalue weighted by Gasteiger charge is -2.43. The van der Waals surface area contributed by atoms with Crippen molar-refractivity contribution in [2.75, 3.05) is 32.0 Å². The third kappa shape index (κ3) is 5.36. The molecule has 0 aliphatic carbocycles. The van der Waals surface area contributed by atoms with Crippen LogP contribution in [0.4, 0.5) is 10.5 Å². The third-order valence-corrected chi connectivity index (χ3v) is 4.92. The first kappa shape index (κ1) is 19.9. The fourth-order valence-electron chi connectivity index (χ4n) is 3.49. The minimum absolute atomic E-state index is 0.219. The molecule has 1 aliphatic heterocycles. The van der Waals surface area contributed by atoms with Crippen molar-refractivity contribution in [2.45, 2.75) is 32.5 Å². The summed E-state index contributed by atoms with van der Waals surface area (Å²) in [6.45, 7) is 7.11. The average molecular weight is 384 g/mol. The van der Waals surface area contributed by atoms with Gasteiger partial charge in [-0.2, -0.15) is 0 Å². The van der Waals surface area contributed by atoms with Crippen molar-refractivity contribution in [3.63, 3.8) is 0 Å². The summed E-state index contributed by atoms with van der Waals surface area (Å²) in [5.74, 6) is 0.567.